The molecule has 0 fully saturated rings. The van der Waals surface area contributed by atoms with E-state index in [4.69, 9.17) is 5.73 Å². The maximum Gasteiger partial charge on any atom is 0.311 e. The van der Waals surface area contributed by atoms with Gasteiger partial charge in [-0.1, -0.05) is 11.6 Å². The van der Waals surface area contributed by atoms with Crippen molar-refractivity contribution in [1.82, 2.24) is 4.98 Å². The molecule has 2 N–H and O–H groups in total. The zero-order valence-electron chi connectivity index (χ0n) is 8.10. The molecule has 2 rings (SSSR count). The summed E-state index contributed by atoms with van der Waals surface area (Å²) in [6.07, 6.45) is 0. The molecule has 1 aromatic carbocycles. The summed E-state index contributed by atoms with van der Waals surface area (Å²) in [4.78, 5) is 14.1. The van der Waals surface area contributed by atoms with E-state index in [0.29, 0.717) is 5.52 Å². The molecule has 1 heterocycles. The summed E-state index contributed by atoms with van der Waals surface area (Å²) in [7, 11) is 0. The third kappa shape index (κ3) is 1.59. The van der Waals surface area contributed by atoms with E-state index in [2.05, 4.69) is 4.98 Å². The normalized spacial score (nSPS) is 10.5. The molecule has 0 amide bonds. The SMILES string of the molecule is Cc1ccc2nc(N)c([N+](=O)[O-])cc2c1. The van der Waals surface area contributed by atoms with Crippen molar-refractivity contribution in [3.8, 4) is 0 Å². The van der Waals surface area contributed by atoms with Crippen molar-refractivity contribution in [3.63, 3.8) is 0 Å². The number of nitrogens with two attached hydrogens (primary N) is 1. The van der Waals surface area contributed by atoms with E-state index in [0.717, 1.165) is 10.9 Å². The molecule has 0 saturated heterocycles. The lowest BCUT2D eigenvalue weighted by Gasteiger charge is -2.01. The standard InChI is InChI=1S/C10H9N3O2/c1-6-2-3-8-7(4-6)5-9(13(14)15)10(11)12-8/h2-5H,1H3,(H2,11,12). The van der Waals surface area contributed by atoms with Gasteiger partial charge in [0.25, 0.3) is 0 Å². The number of nitrogen functional groups attached to an aromatic ring is 1. The van der Waals surface area contributed by atoms with Gasteiger partial charge in [-0.2, -0.15) is 0 Å². The number of pyridine rings is 1. The minimum Gasteiger partial charge on any atom is -0.378 e. The third-order valence-electron chi connectivity index (χ3n) is 2.18. The number of nitrogens with zero attached hydrogens (tertiary/aromatic N) is 2. The van der Waals surface area contributed by atoms with Crippen LogP contribution in [0, 0.1) is 17.0 Å². The predicted octanol–water partition coefficient (Wildman–Crippen LogP) is 2.03. The van der Waals surface area contributed by atoms with Crippen molar-refractivity contribution < 1.29 is 4.92 Å². The van der Waals surface area contributed by atoms with Gasteiger partial charge in [-0.05, 0) is 19.1 Å². The number of aromatic nitrogens is 1. The van der Waals surface area contributed by atoms with E-state index in [1.807, 2.05) is 19.1 Å². The van der Waals surface area contributed by atoms with Crippen LogP contribution in [0.5, 0.6) is 0 Å². The smallest absolute Gasteiger partial charge is 0.311 e. The lowest BCUT2D eigenvalue weighted by molar-refractivity contribution is -0.384. The van der Waals surface area contributed by atoms with Gasteiger partial charge >= 0.3 is 5.69 Å². The molecule has 0 bridgehead atoms. The molecule has 76 valence electrons. The van der Waals surface area contributed by atoms with Crippen molar-refractivity contribution in [1.29, 1.82) is 0 Å². The third-order valence-corrected chi connectivity index (χ3v) is 2.18. The summed E-state index contributed by atoms with van der Waals surface area (Å²) in [5, 5.41) is 11.4. The van der Waals surface area contributed by atoms with E-state index in [1.165, 1.54) is 6.07 Å². The van der Waals surface area contributed by atoms with Crippen LogP contribution in [0.4, 0.5) is 11.5 Å². The van der Waals surface area contributed by atoms with Gasteiger partial charge in [0.05, 0.1) is 10.4 Å². The van der Waals surface area contributed by atoms with Crippen LogP contribution < -0.4 is 5.73 Å². The van der Waals surface area contributed by atoms with Crippen LogP contribution >= 0.6 is 0 Å². The Balaban J connectivity index is 2.77. The first-order valence-corrected chi connectivity index (χ1v) is 4.39. The van der Waals surface area contributed by atoms with Gasteiger partial charge in [0.1, 0.15) is 0 Å². The Hall–Kier alpha value is -2.17. The highest BCUT2D eigenvalue weighted by molar-refractivity contribution is 5.84. The molecule has 0 aliphatic carbocycles. The second kappa shape index (κ2) is 3.20. The zero-order chi connectivity index (χ0) is 11.0. The highest BCUT2D eigenvalue weighted by Gasteiger charge is 2.13. The first-order chi connectivity index (χ1) is 7.08. The van der Waals surface area contributed by atoms with Crippen molar-refractivity contribution in [3.05, 3.63) is 39.9 Å². The lowest BCUT2D eigenvalue weighted by atomic mass is 10.1. The number of benzene rings is 1. The molecule has 1 aromatic heterocycles. The second-order valence-electron chi connectivity index (χ2n) is 3.35. The Morgan fingerprint density at radius 3 is 2.80 bits per heavy atom. The van der Waals surface area contributed by atoms with E-state index >= 15 is 0 Å². The summed E-state index contributed by atoms with van der Waals surface area (Å²) < 4.78 is 0. The van der Waals surface area contributed by atoms with E-state index < -0.39 is 4.92 Å². The van der Waals surface area contributed by atoms with Gasteiger partial charge < -0.3 is 5.73 Å². The molecule has 0 aliphatic rings. The topological polar surface area (TPSA) is 82.0 Å². The molecule has 0 atom stereocenters. The van der Waals surface area contributed by atoms with Crippen LogP contribution in [0.2, 0.25) is 0 Å². The van der Waals surface area contributed by atoms with Crippen LogP contribution in [0.15, 0.2) is 24.3 Å². The Labute approximate surface area is 85.7 Å². The molecule has 0 radical (unpaired) electrons. The maximum absolute atomic E-state index is 10.6. The first kappa shape index (κ1) is 9.39. The van der Waals surface area contributed by atoms with Gasteiger partial charge in [-0.15, -0.1) is 0 Å². The molecule has 0 aliphatic heterocycles. The molecule has 0 spiro atoms. The Morgan fingerprint density at radius 1 is 1.40 bits per heavy atom. The number of hydrogen-bond donors (Lipinski definition) is 1. The van der Waals surface area contributed by atoms with Gasteiger partial charge in [0, 0.05) is 11.5 Å². The van der Waals surface area contributed by atoms with Crippen molar-refractivity contribution in [2.75, 3.05) is 5.73 Å². The number of aryl methyl sites for hydroxylation is 1. The van der Waals surface area contributed by atoms with Crippen LogP contribution in [0.1, 0.15) is 5.56 Å². The molecular weight excluding hydrogens is 194 g/mol. The van der Waals surface area contributed by atoms with Crippen LogP contribution in [-0.2, 0) is 0 Å². The fourth-order valence-corrected chi connectivity index (χ4v) is 1.45. The van der Waals surface area contributed by atoms with E-state index in [1.54, 1.807) is 6.07 Å². The number of hydrogen-bond acceptors (Lipinski definition) is 4. The Bertz CT molecular complexity index is 552. The monoisotopic (exact) mass is 203 g/mol. The molecule has 0 saturated carbocycles. The first-order valence-electron chi connectivity index (χ1n) is 4.39. The van der Waals surface area contributed by atoms with Crippen molar-refractivity contribution >= 4 is 22.4 Å². The zero-order valence-corrected chi connectivity index (χ0v) is 8.10. The minimum atomic E-state index is -0.524. The van der Waals surface area contributed by atoms with Gasteiger partial charge in [-0.25, -0.2) is 4.98 Å². The van der Waals surface area contributed by atoms with Crippen molar-refractivity contribution in [2.24, 2.45) is 0 Å². The number of rotatable bonds is 1. The summed E-state index contributed by atoms with van der Waals surface area (Å²) in [6.45, 7) is 1.92. The van der Waals surface area contributed by atoms with Gasteiger partial charge in [0.2, 0.25) is 5.82 Å². The van der Waals surface area contributed by atoms with Gasteiger partial charge in [0.15, 0.2) is 0 Å². The highest BCUT2D eigenvalue weighted by Crippen LogP contribution is 2.24. The molecule has 5 heteroatoms. The van der Waals surface area contributed by atoms with Gasteiger partial charge in [-0.3, -0.25) is 10.1 Å². The molecule has 5 nitrogen and oxygen atoms in total. The average molecular weight is 203 g/mol. The molecule has 0 unspecified atom stereocenters. The minimum absolute atomic E-state index is 0.0450. The van der Waals surface area contributed by atoms with Crippen molar-refractivity contribution in [2.45, 2.75) is 6.92 Å². The summed E-state index contributed by atoms with van der Waals surface area (Å²) >= 11 is 0. The van der Waals surface area contributed by atoms with E-state index in [-0.39, 0.29) is 11.5 Å². The number of fused-ring (bicyclic) bond motifs is 1. The predicted molar refractivity (Wildman–Crippen MR) is 57.5 cm³/mol. The number of anilines is 1. The maximum atomic E-state index is 10.6. The molecule has 2 aromatic rings. The summed E-state index contributed by atoms with van der Waals surface area (Å²) in [5.41, 5.74) is 7.03. The fourth-order valence-electron chi connectivity index (χ4n) is 1.45. The fraction of sp³-hybridized carbons (Fsp3) is 0.100. The van der Waals surface area contributed by atoms with Crippen LogP contribution in [0.25, 0.3) is 10.9 Å². The second-order valence-corrected chi connectivity index (χ2v) is 3.35. The largest absolute Gasteiger partial charge is 0.378 e. The average Bonchev–Trinajstić information content (AvgIpc) is 2.17. The Morgan fingerprint density at radius 2 is 2.13 bits per heavy atom. The summed E-state index contributed by atoms with van der Waals surface area (Å²) in [5.74, 6) is -0.0450. The quantitative estimate of drug-likeness (QED) is 0.567. The highest BCUT2D eigenvalue weighted by atomic mass is 16.6. The van der Waals surface area contributed by atoms with Crippen LogP contribution in [-0.4, -0.2) is 9.91 Å². The van der Waals surface area contributed by atoms with E-state index in [9.17, 15) is 10.1 Å². The van der Waals surface area contributed by atoms with Crippen LogP contribution in [0.3, 0.4) is 0 Å². The lowest BCUT2D eigenvalue weighted by Crippen LogP contribution is -1.98. The Kier molecular flexibility index (Phi) is 2.00. The number of nitro groups is 1. The molecular formula is C10H9N3O2. The molecule has 15 heavy (non-hydrogen) atoms. The summed E-state index contributed by atoms with van der Waals surface area (Å²) in [6, 6.07) is 6.98.